The molecule has 0 aliphatic heterocycles. The maximum atomic E-state index is 5.49. The molecule has 0 aliphatic carbocycles. The first-order chi connectivity index (χ1) is 39.0. The Morgan fingerprint density at radius 3 is 0.937 bits per heavy atom. The van der Waals surface area contributed by atoms with Crippen LogP contribution in [-0.2, 0) is 0 Å². The molecule has 0 saturated heterocycles. The molecular weight excluding hydrogens is 1080 g/mol. The largest absolute Gasteiger partial charge is 0.497 e. The van der Waals surface area contributed by atoms with Crippen LogP contribution in [0.1, 0.15) is 0 Å². The second-order valence-corrected chi connectivity index (χ2v) is 19.8. The molecule has 0 bridgehead atoms. The Kier molecular flexibility index (Phi) is 17.8. The summed E-state index contributed by atoms with van der Waals surface area (Å²) in [6, 6.07) is 110. The Morgan fingerprint density at radius 2 is 0.570 bits per heavy atom. The fraction of sp³-hybridized carbons (Fsp3) is 0.0270. The molecular formula is C74H59IN2O2. The number of nitrogens with one attached hydrogen (secondary N) is 1. The molecule has 0 atom stereocenters. The van der Waals surface area contributed by atoms with Crippen molar-refractivity contribution in [3.05, 3.63) is 319 Å². The van der Waals surface area contributed by atoms with E-state index in [-0.39, 0.29) is 0 Å². The lowest BCUT2D eigenvalue weighted by Gasteiger charge is -2.30. The van der Waals surface area contributed by atoms with Crippen molar-refractivity contribution in [2.45, 2.75) is 0 Å². The summed E-state index contributed by atoms with van der Waals surface area (Å²) in [7, 11) is 3.37. The molecule has 0 heterocycles. The van der Waals surface area contributed by atoms with Gasteiger partial charge in [-0.3, -0.25) is 0 Å². The number of methoxy groups -OCH3 is 2. The van der Waals surface area contributed by atoms with Gasteiger partial charge < -0.3 is 19.7 Å². The second-order valence-electron chi connectivity index (χ2n) is 18.6. The Labute approximate surface area is 479 Å². The number of rotatable bonds is 13. The zero-order valence-corrected chi connectivity index (χ0v) is 46.3. The summed E-state index contributed by atoms with van der Waals surface area (Å²) in [5, 5.41) is 3.72. The van der Waals surface area contributed by atoms with Crippen LogP contribution in [0, 0.1) is 3.57 Å². The zero-order chi connectivity index (χ0) is 54.0. The highest BCUT2D eigenvalue weighted by atomic mass is 127. The van der Waals surface area contributed by atoms with Gasteiger partial charge in [0.15, 0.2) is 0 Å². The van der Waals surface area contributed by atoms with Crippen LogP contribution >= 0.6 is 22.6 Å². The monoisotopic (exact) mass is 1130 g/mol. The topological polar surface area (TPSA) is 33.7 Å². The van der Waals surface area contributed by atoms with E-state index in [0.717, 1.165) is 39.9 Å². The van der Waals surface area contributed by atoms with E-state index in [4.69, 9.17) is 9.47 Å². The van der Waals surface area contributed by atoms with Gasteiger partial charge in [0.1, 0.15) is 11.5 Å². The molecule has 12 aromatic carbocycles. The van der Waals surface area contributed by atoms with Gasteiger partial charge in [0.2, 0.25) is 0 Å². The molecule has 0 radical (unpaired) electrons. The van der Waals surface area contributed by atoms with Crippen LogP contribution in [0.3, 0.4) is 0 Å². The van der Waals surface area contributed by atoms with Crippen LogP contribution in [0.2, 0.25) is 0 Å². The lowest BCUT2D eigenvalue weighted by Crippen LogP contribution is -2.12. The normalized spacial score (nSPS) is 10.5. The Bertz CT molecular complexity index is 3660. The number of hydrogen-bond donors (Lipinski definition) is 1. The van der Waals surface area contributed by atoms with Crippen LogP contribution in [0.25, 0.3) is 66.8 Å². The van der Waals surface area contributed by atoms with Crippen molar-refractivity contribution in [2.24, 2.45) is 0 Å². The average molecular weight is 1140 g/mol. The highest BCUT2D eigenvalue weighted by Gasteiger charge is 2.22. The van der Waals surface area contributed by atoms with Crippen molar-refractivity contribution in [2.75, 3.05) is 24.4 Å². The van der Waals surface area contributed by atoms with E-state index in [0.29, 0.717) is 0 Å². The number of benzene rings is 12. The fourth-order valence-corrected chi connectivity index (χ4v) is 9.91. The van der Waals surface area contributed by atoms with Gasteiger partial charge >= 0.3 is 0 Å². The molecule has 0 aliphatic rings. The van der Waals surface area contributed by atoms with Crippen molar-refractivity contribution < 1.29 is 9.47 Å². The van der Waals surface area contributed by atoms with Gasteiger partial charge in [-0.25, -0.2) is 0 Å². The summed E-state index contributed by atoms with van der Waals surface area (Å²) in [4.78, 5) is 2.36. The number of anilines is 5. The lowest BCUT2D eigenvalue weighted by atomic mass is 9.94. The van der Waals surface area contributed by atoms with E-state index in [9.17, 15) is 0 Å². The van der Waals surface area contributed by atoms with Gasteiger partial charge in [-0.2, -0.15) is 0 Å². The smallest absolute Gasteiger partial charge is 0.119 e. The van der Waals surface area contributed by atoms with Crippen molar-refractivity contribution in [1.29, 1.82) is 0 Å². The summed E-state index contributed by atoms with van der Waals surface area (Å²) in [6.07, 6.45) is 0. The van der Waals surface area contributed by atoms with E-state index >= 15 is 0 Å². The standard InChI is InChI=1S/C37H29NO.C30H23N.C7H7IO/c1-39-34-26-24-33(25-27-34)38(32-22-20-29(21-23-32)28-12-5-2-6-13-28)37-35(30-14-7-3-8-15-30)18-11-19-36(37)31-16-9-4-10-17-31;1-4-11-23(12-5-1)24-19-21-27(22-20-24)31-30-28(25-13-6-2-7-14-25)17-10-18-29(30)26-15-8-3-9-16-26;1-9-7-4-2-6(8)3-5-7/h2-27H,1H3;1-22,31H;2-5H,1H3. The summed E-state index contributed by atoms with van der Waals surface area (Å²) in [5.41, 5.74) is 19.7. The molecule has 0 fully saturated rings. The summed E-state index contributed by atoms with van der Waals surface area (Å²) < 4.78 is 11.7. The second kappa shape index (κ2) is 26.6. The molecule has 0 amide bonds. The summed E-state index contributed by atoms with van der Waals surface area (Å²) in [6.45, 7) is 0. The van der Waals surface area contributed by atoms with Crippen molar-refractivity contribution in [3.8, 4) is 78.3 Å². The van der Waals surface area contributed by atoms with Gasteiger partial charge in [-0.15, -0.1) is 0 Å². The predicted molar refractivity (Wildman–Crippen MR) is 342 cm³/mol. The molecule has 1 N–H and O–H groups in total. The third-order valence-corrected chi connectivity index (χ3v) is 14.3. The fourth-order valence-electron chi connectivity index (χ4n) is 9.55. The molecule has 12 rings (SSSR count). The summed E-state index contributed by atoms with van der Waals surface area (Å²) in [5.74, 6) is 1.74. The third-order valence-electron chi connectivity index (χ3n) is 13.5. The van der Waals surface area contributed by atoms with Gasteiger partial charge in [0.05, 0.1) is 25.6 Å². The summed E-state index contributed by atoms with van der Waals surface area (Å²) >= 11 is 2.26. The van der Waals surface area contributed by atoms with Crippen molar-refractivity contribution >= 4 is 51.0 Å². The number of nitrogens with zero attached hydrogens (tertiary/aromatic N) is 1. The molecule has 0 unspecified atom stereocenters. The molecule has 4 nitrogen and oxygen atoms in total. The van der Waals surface area contributed by atoms with E-state index in [2.05, 4.69) is 306 Å². The molecule has 5 heteroatoms. The third kappa shape index (κ3) is 13.4. The van der Waals surface area contributed by atoms with E-state index in [1.807, 2.05) is 42.5 Å². The zero-order valence-electron chi connectivity index (χ0n) is 44.2. The highest BCUT2D eigenvalue weighted by molar-refractivity contribution is 14.1. The van der Waals surface area contributed by atoms with Crippen LogP contribution in [-0.4, -0.2) is 14.2 Å². The maximum absolute atomic E-state index is 5.49. The van der Waals surface area contributed by atoms with Crippen LogP contribution < -0.4 is 19.7 Å². The van der Waals surface area contributed by atoms with Crippen molar-refractivity contribution in [3.63, 3.8) is 0 Å². The van der Waals surface area contributed by atoms with Gasteiger partial charge in [-0.1, -0.05) is 243 Å². The molecule has 0 saturated carbocycles. The van der Waals surface area contributed by atoms with Crippen molar-refractivity contribution in [1.82, 2.24) is 0 Å². The first-order valence-corrected chi connectivity index (χ1v) is 27.4. The minimum Gasteiger partial charge on any atom is -0.497 e. The Morgan fingerprint density at radius 1 is 0.278 bits per heavy atom. The van der Waals surface area contributed by atoms with Crippen LogP contribution in [0.4, 0.5) is 28.4 Å². The molecule has 0 spiro atoms. The Hall–Kier alpha value is -9.43. The maximum Gasteiger partial charge on any atom is 0.119 e. The minimum atomic E-state index is 0.831. The minimum absolute atomic E-state index is 0.831. The number of ether oxygens (including phenoxy) is 2. The lowest BCUT2D eigenvalue weighted by molar-refractivity contribution is 0.414. The highest BCUT2D eigenvalue weighted by Crippen LogP contribution is 2.47. The van der Waals surface area contributed by atoms with Crippen LogP contribution in [0.5, 0.6) is 11.5 Å². The Balaban J connectivity index is 0.000000157. The predicted octanol–water partition coefficient (Wildman–Crippen LogP) is 20.9. The quantitative estimate of drug-likeness (QED) is 0.117. The van der Waals surface area contributed by atoms with E-state index in [1.165, 1.54) is 70.3 Å². The first kappa shape index (κ1) is 53.0. The average Bonchev–Trinajstić information content (AvgIpc) is 3.64. The van der Waals surface area contributed by atoms with Gasteiger partial charge in [-0.05, 0) is 140 Å². The first-order valence-electron chi connectivity index (χ1n) is 26.3. The molecule has 12 aromatic rings. The van der Waals surface area contributed by atoms with E-state index in [1.54, 1.807) is 14.2 Å². The SMILES string of the molecule is COc1ccc(I)cc1.COc1ccc(N(c2ccc(-c3ccccc3)cc2)c2c(-c3ccccc3)cccc2-c2ccccc2)cc1.c1ccc(-c2ccc(Nc3c(-c4ccccc4)cccc3-c3ccccc3)cc2)cc1. The number of para-hydroxylation sites is 2. The van der Waals surface area contributed by atoms with Crippen LogP contribution in [0.15, 0.2) is 315 Å². The van der Waals surface area contributed by atoms with Gasteiger partial charge in [0, 0.05) is 42.9 Å². The molecule has 384 valence electrons. The molecule has 79 heavy (non-hydrogen) atoms. The van der Waals surface area contributed by atoms with E-state index < -0.39 is 0 Å². The number of hydrogen-bond acceptors (Lipinski definition) is 4. The number of halogens is 1. The molecule has 0 aromatic heterocycles. The van der Waals surface area contributed by atoms with Gasteiger partial charge in [0.25, 0.3) is 0 Å².